The number of carboxylic acid groups (broad SMARTS) is 1. The summed E-state index contributed by atoms with van der Waals surface area (Å²) in [6.45, 7) is 4.13. The highest BCUT2D eigenvalue weighted by molar-refractivity contribution is 6.01. The maximum Gasteiger partial charge on any atom is 0.331 e. The van der Waals surface area contributed by atoms with Gasteiger partial charge in [0, 0.05) is 24.3 Å². The van der Waals surface area contributed by atoms with Crippen LogP contribution in [0.5, 0.6) is 0 Å². The molecule has 0 saturated carbocycles. The van der Waals surface area contributed by atoms with Gasteiger partial charge in [0.05, 0.1) is 6.10 Å². The van der Waals surface area contributed by atoms with Crippen LogP contribution < -0.4 is 5.32 Å². The van der Waals surface area contributed by atoms with Crippen LogP contribution in [0.25, 0.3) is 0 Å². The van der Waals surface area contributed by atoms with Gasteiger partial charge in [-0.15, -0.1) is 0 Å². The van der Waals surface area contributed by atoms with E-state index in [1.807, 2.05) is 0 Å². The smallest absolute Gasteiger partial charge is 0.331 e. The molecule has 0 bridgehead atoms. The largest absolute Gasteiger partial charge is 0.478 e. The summed E-state index contributed by atoms with van der Waals surface area (Å²) in [6, 6.07) is 0. The zero-order chi connectivity index (χ0) is 12.8. The van der Waals surface area contributed by atoms with Crippen LogP contribution in [0.15, 0.2) is 11.1 Å². The molecule has 1 rings (SSSR count). The highest BCUT2D eigenvalue weighted by Crippen LogP contribution is 2.12. The van der Waals surface area contributed by atoms with Gasteiger partial charge in [-0.3, -0.25) is 4.79 Å². The molecular formula is C12H19NO4. The molecule has 96 valence electrons. The van der Waals surface area contributed by atoms with Crippen LogP contribution in [0, 0.1) is 0 Å². The fourth-order valence-electron chi connectivity index (χ4n) is 1.64. The molecule has 0 radical (unpaired) electrons. The second-order valence-electron chi connectivity index (χ2n) is 4.25. The molecule has 17 heavy (non-hydrogen) atoms. The Morgan fingerprint density at radius 1 is 1.29 bits per heavy atom. The second-order valence-corrected chi connectivity index (χ2v) is 4.25. The topological polar surface area (TPSA) is 75.6 Å². The van der Waals surface area contributed by atoms with Gasteiger partial charge in [-0.25, -0.2) is 4.79 Å². The van der Waals surface area contributed by atoms with Gasteiger partial charge < -0.3 is 15.2 Å². The van der Waals surface area contributed by atoms with E-state index in [4.69, 9.17) is 9.84 Å². The van der Waals surface area contributed by atoms with Crippen LogP contribution in [0.3, 0.4) is 0 Å². The van der Waals surface area contributed by atoms with Gasteiger partial charge in [0.1, 0.15) is 0 Å². The molecule has 2 N–H and O–H groups in total. The van der Waals surface area contributed by atoms with Crippen molar-refractivity contribution in [3.8, 4) is 0 Å². The van der Waals surface area contributed by atoms with Crippen LogP contribution in [0.2, 0.25) is 0 Å². The molecular weight excluding hydrogens is 222 g/mol. The summed E-state index contributed by atoms with van der Waals surface area (Å²) >= 11 is 0. The Morgan fingerprint density at radius 2 is 2.00 bits per heavy atom. The standard InChI is InChI=1S/C12H19NO4/c1-8(9(2)12(15)16)11(14)13-7-10-5-3-4-6-17-10/h10H,3-7H2,1-2H3,(H,13,14)(H,15,16)/b9-8-. The zero-order valence-electron chi connectivity index (χ0n) is 10.3. The van der Waals surface area contributed by atoms with E-state index >= 15 is 0 Å². The number of carbonyl (C=O) groups excluding carboxylic acids is 1. The van der Waals surface area contributed by atoms with Crippen LogP contribution in [-0.4, -0.2) is 36.2 Å². The number of hydrogen-bond donors (Lipinski definition) is 2. The summed E-state index contributed by atoms with van der Waals surface area (Å²) in [7, 11) is 0. The number of carboxylic acids is 1. The van der Waals surface area contributed by atoms with Crippen molar-refractivity contribution in [1.29, 1.82) is 0 Å². The van der Waals surface area contributed by atoms with Gasteiger partial charge >= 0.3 is 5.97 Å². The molecule has 1 heterocycles. The Kier molecular flexibility index (Phi) is 5.15. The normalized spacial score (nSPS) is 21.6. The molecule has 1 saturated heterocycles. The monoisotopic (exact) mass is 241 g/mol. The van der Waals surface area contributed by atoms with Crippen molar-refractivity contribution in [3.05, 3.63) is 11.1 Å². The Bertz CT molecular complexity index is 329. The third-order valence-corrected chi connectivity index (χ3v) is 2.99. The lowest BCUT2D eigenvalue weighted by Gasteiger charge is -2.22. The summed E-state index contributed by atoms with van der Waals surface area (Å²) in [5.41, 5.74) is 0.320. The maximum atomic E-state index is 11.6. The third-order valence-electron chi connectivity index (χ3n) is 2.99. The zero-order valence-corrected chi connectivity index (χ0v) is 10.3. The number of nitrogens with one attached hydrogen (secondary N) is 1. The van der Waals surface area contributed by atoms with E-state index in [1.54, 1.807) is 0 Å². The van der Waals surface area contributed by atoms with E-state index in [1.165, 1.54) is 13.8 Å². The summed E-state index contributed by atoms with van der Waals surface area (Å²) in [4.78, 5) is 22.3. The first kappa shape index (κ1) is 13.7. The van der Waals surface area contributed by atoms with Gasteiger partial charge in [-0.05, 0) is 33.1 Å². The van der Waals surface area contributed by atoms with Crippen molar-refractivity contribution in [2.75, 3.05) is 13.2 Å². The summed E-state index contributed by atoms with van der Waals surface area (Å²) < 4.78 is 5.47. The fourth-order valence-corrected chi connectivity index (χ4v) is 1.64. The Morgan fingerprint density at radius 3 is 2.53 bits per heavy atom. The third kappa shape index (κ3) is 4.19. The van der Waals surface area contributed by atoms with E-state index in [0.717, 1.165) is 25.9 Å². The Balaban J connectivity index is 2.43. The molecule has 5 heteroatoms. The lowest BCUT2D eigenvalue weighted by Crippen LogP contribution is -2.36. The Hall–Kier alpha value is -1.36. The van der Waals surface area contributed by atoms with Gasteiger partial charge in [0.15, 0.2) is 0 Å². The molecule has 0 aromatic heterocycles. The Labute approximate surface area is 101 Å². The SMILES string of the molecule is C/C(C(=O)O)=C(\C)C(=O)NCC1CCCCO1. The minimum Gasteiger partial charge on any atom is -0.478 e. The van der Waals surface area contributed by atoms with Crippen LogP contribution in [0.4, 0.5) is 0 Å². The lowest BCUT2D eigenvalue weighted by atomic mass is 10.1. The predicted molar refractivity (Wildman–Crippen MR) is 62.6 cm³/mol. The lowest BCUT2D eigenvalue weighted by molar-refractivity contribution is -0.133. The van der Waals surface area contributed by atoms with Crippen LogP contribution >= 0.6 is 0 Å². The average molecular weight is 241 g/mol. The quantitative estimate of drug-likeness (QED) is 0.722. The van der Waals surface area contributed by atoms with Crippen LogP contribution in [-0.2, 0) is 14.3 Å². The molecule has 5 nitrogen and oxygen atoms in total. The van der Waals surface area contributed by atoms with Crippen molar-refractivity contribution in [3.63, 3.8) is 0 Å². The molecule has 0 aromatic rings. The molecule has 1 unspecified atom stereocenters. The van der Waals surface area contributed by atoms with E-state index < -0.39 is 5.97 Å². The summed E-state index contributed by atoms with van der Waals surface area (Å²) in [6.07, 6.45) is 3.19. The van der Waals surface area contributed by atoms with E-state index in [9.17, 15) is 9.59 Å². The first-order chi connectivity index (χ1) is 8.02. The number of amides is 1. The van der Waals surface area contributed by atoms with Gasteiger partial charge in [0.25, 0.3) is 0 Å². The van der Waals surface area contributed by atoms with Gasteiger partial charge in [-0.1, -0.05) is 0 Å². The van der Waals surface area contributed by atoms with Crippen molar-refractivity contribution < 1.29 is 19.4 Å². The van der Waals surface area contributed by atoms with Crippen molar-refractivity contribution in [1.82, 2.24) is 5.32 Å². The van der Waals surface area contributed by atoms with Crippen molar-refractivity contribution in [2.24, 2.45) is 0 Å². The molecule has 0 spiro atoms. The van der Waals surface area contributed by atoms with E-state index in [0.29, 0.717) is 6.54 Å². The van der Waals surface area contributed by atoms with Crippen LogP contribution in [0.1, 0.15) is 33.1 Å². The number of hydrogen-bond acceptors (Lipinski definition) is 3. The predicted octanol–water partition coefficient (Wildman–Crippen LogP) is 1.09. The first-order valence-corrected chi connectivity index (χ1v) is 5.83. The molecule has 1 aliphatic heterocycles. The number of rotatable bonds is 4. The molecule has 1 amide bonds. The fraction of sp³-hybridized carbons (Fsp3) is 0.667. The molecule has 1 atom stereocenters. The van der Waals surface area contributed by atoms with Gasteiger partial charge in [-0.2, -0.15) is 0 Å². The van der Waals surface area contributed by atoms with Gasteiger partial charge in [0.2, 0.25) is 5.91 Å². The number of aliphatic carboxylic acids is 1. The van der Waals surface area contributed by atoms with Crippen molar-refractivity contribution >= 4 is 11.9 Å². The van der Waals surface area contributed by atoms with E-state index in [2.05, 4.69) is 5.32 Å². The molecule has 0 aliphatic carbocycles. The first-order valence-electron chi connectivity index (χ1n) is 5.83. The van der Waals surface area contributed by atoms with Crippen molar-refractivity contribution in [2.45, 2.75) is 39.2 Å². The summed E-state index contributed by atoms with van der Waals surface area (Å²) in [5.74, 6) is -1.40. The highest BCUT2D eigenvalue weighted by atomic mass is 16.5. The number of ether oxygens (including phenoxy) is 1. The average Bonchev–Trinajstić information content (AvgIpc) is 2.35. The highest BCUT2D eigenvalue weighted by Gasteiger charge is 2.17. The molecule has 0 aromatic carbocycles. The number of carbonyl (C=O) groups is 2. The second kappa shape index (κ2) is 6.39. The molecule has 1 aliphatic rings. The minimum atomic E-state index is -1.06. The van der Waals surface area contributed by atoms with E-state index in [-0.39, 0.29) is 23.2 Å². The molecule has 1 fully saturated rings. The summed E-state index contributed by atoms with van der Waals surface area (Å²) in [5, 5.41) is 11.5. The minimum absolute atomic E-state index is 0.0608. The maximum absolute atomic E-state index is 11.6.